The fraction of sp³-hybridized carbons (Fsp3) is 0.250. The Kier molecular flexibility index (Phi) is 2.92. The minimum atomic E-state index is -5.12. The lowest BCUT2D eigenvalue weighted by atomic mass is 10.1. The summed E-state index contributed by atoms with van der Waals surface area (Å²) < 4.78 is 41.9. The zero-order valence-corrected chi connectivity index (χ0v) is 9.96. The van der Waals surface area contributed by atoms with Gasteiger partial charge in [-0.25, -0.2) is 4.98 Å². The molecule has 0 spiro atoms. The van der Waals surface area contributed by atoms with E-state index in [0.717, 1.165) is 0 Å². The SMILES string of the molecule is Cc1cc(C)c2c(=O)c(C(=O)C(F)(F)F)coc2n1. The van der Waals surface area contributed by atoms with Crippen LogP contribution in [0.3, 0.4) is 0 Å². The van der Waals surface area contributed by atoms with Crippen LogP contribution in [-0.2, 0) is 0 Å². The molecule has 4 nitrogen and oxygen atoms in total. The van der Waals surface area contributed by atoms with Crippen LogP contribution in [0.25, 0.3) is 11.1 Å². The highest BCUT2D eigenvalue weighted by molar-refractivity contribution is 6.01. The molecule has 0 amide bonds. The standard InChI is InChI=1S/C12H8F3NO3/c1-5-3-6(2)16-11-8(5)9(17)7(4-19-11)10(18)12(13,14)15/h3-4H,1-2H3. The number of halogens is 3. The molecule has 0 saturated carbocycles. The number of fused-ring (bicyclic) bond motifs is 1. The van der Waals surface area contributed by atoms with Crippen molar-refractivity contribution in [3.8, 4) is 0 Å². The number of alkyl halides is 3. The molecule has 0 unspecified atom stereocenters. The molecule has 0 bridgehead atoms. The van der Waals surface area contributed by atoms with E-state index in [1.807, 2.05) is 0 Å². The van der Waals surface area contributed by atoms with Gasteiger partial charge in [-0.1, -0.05) is 0 Å². The van der Waals surface area contributed by atoms with Gasteiger partial charge in [-0.2, -0.15) is 13.2 Å². The maximum atomic E-state index is 12.3. The van der Waals surface area contributed by atoms with Crippen LogP contribution in [0.1, 0.15) is 21.6 Å². The molecule has 100 valence electrons. The van der Waals surface area contributed by atoms with Crippen molar-refractivity contribution in [2.24, 2.45) is 0 Å². The number of aryl methyl sites for hydroxylation is 2. The Hall–Kier alpha value is -2.18. The highest BCUT2D eigenvalue weighted by Gasteiger charge is 2.41. The van der Waals surface area contributed by atoms with Crippen LogP contribution in [0.2, 0.25) is 0 Å². The van der Waals surface area contributed by atoms with Crippen LogP contribution in [0.4, 0.5) is 13.2 Å². The molecule has 0 aliphatic heterocycles. The number of aromatic nitrogens is 1. The average Bonchev–Trinajstić information content (AvgIpc) is 2.26. The van der Waals surface area contributed by atoms with Crippen molar-refractivity contribution in [1.82, 2.24) is 4.98 Å². The summed E-state index contributed by atoms with van der Waals surface area (Å²) in [5.74, 6) is -2.22. The highest BCUT2D eigenvalue weighted by Crippen LogP contribution is 2.22. The van der Waals surface area contributed by atoms with Gasteiger partial charge in [-0.15, -0.1) is 0 Å². The predicted molar refractivity (Wildman–Crippen MR) is 60.1 cm³/mol. The van der Waals surface area contributed by atoms with Gasteiger partial charge in [0.2, 0.25) is 11.1 Å². The van der Waals surface area contributed by atoms with E-state index >= 15 is 0 Å². The molecule has 0 aromatic carbocycles. The summed E-state index contributed by atoms with van der Waals surface area (Å²) in [4.78, 5) is 26.9. The van der Waals surface area contributed by atoms with Crippen LogP contribution in [0, 0.1) is 13.8 Å². The van der Waals surface area contributed by atoms with Crippen LogP contribution >= 0.6 is 0 Å². The third-order valence-electron chi connectivity index (χ3n) is 2.57. The number of carbonyl (C=O) groups is 1. The van der Waals surface area contributed by atoms with Crippen LogP contribution in [0.5, 0.6) is 0 Å². The molecule has 2 aromatic heterocycles. The van der Waals surface area contributed by atoms with Gasteiger partial charge in [-0.3, -0.25) is 9.59 Å². The van der Waals surface area contributed by atoms with E-state index in [9.17, 15) is 22.8 Å². The molecule has 0 fully saturated rings. The smallest absolute Gasteiger partial charge is 0.445 e. The first kappa shape index (κ1) is 13.3. The third-order valence-corrected chi connectivity index (χ3v) is 2.57. The van der Waals surface area contributed by atoms with Crippen LogP contribution in [0.15, 0.2) is 21.5 Å². The molecule has 0 saturated heterocycles. The molecule has 0 N–H and O–H groups in total. The number of rotatable bonds is 1. The Balaban J connectivity index is 2.79. The third kappa shape index (κ3) is 2.23. The molecule has 0 aliphatic carbocycles. The van der Waals surface area contributed by atoms with Crippen molar-refractivity contribution < 1.29 is 22.4 Å². The molecule has 7 heteroatoms. The van der Waals surface area contributed by atoms with Gasteiger partial charge in [0.25, 0.3) is 5.78 Å². The maximum absolute atomic E-state index is 12.3. The van der Waals surface area contributed by atoms with E-state index in [-0.39, 0.29) is 11.1 Å². The normalized spacial score (nSPS) is 11.8. The van der Waals surface area contributed by atoms with E-state index in [4.69, 9.17) is 4.42 Å². The summed E-state index contributed by atoms with van der Waals surface area (Å²) in [5.41, 5.74) is -1.17. The zero-order valence-electron chi connectivity index (χ0n) is 9.96. The number of ketones is 1. The Morgan fingerprint density at radius 3 is 2.53 bits per heavy atom. The van der Waals surface area contributed by atoms with Crippen molar-refractivity contribution >= 4 is 16.9 Å². The highest BCUT2D eigenvalue weighted by atomic mass is 19.4. The van der Waals surface area contributed by atoms with Crippen LogP contribution < -0.4 is 5.43 Å². The molecular formula is C12H8F3NO3. The molecule has 2 rings (SSSR count). The zero-order chi connectivity index (χ0) is 14.4. The lowest BCUT2D eigenvalue weighted by Gasteiger charge is -2.06. The van der Waals surface area contributed by atoms with Gasteiger partial charge < -0.3 is 4.42 Å². The van der Waals surface area contributed by atoms with Crippen molar-refractivity contribution in [3.63, 3.8) is 0 Å². The predicted octanol–water partition coefficient (Wildman–Crippen LogP) is 2.55. The lowest BCUT2D eigenvalue weighted by molar-refractivity contribution is -0.0886. The summed E-state index contributed by atoms with van der Waals surface area (Å²) in [6.07, 6.45) is -4.61. The van der Waals surface area contributed by atoms with E-state index in [0.29, 0.717) is 17.5 Å². The number of Topliss-reactive ketones (excluding diaryl/α,β-unsaturated/α-hetero) is 1. The van der Waals surface area contributed by atoms with Gasteiger partial charge in [0.1, 0.15) is 11.8 Å². The molecule has 0 aliphatic rings. The monoisotopic (exact) mass is 271 g/mol. The van der Waals surface area contributed by atoms with E-state index < -0.39 is 23.0 Å². The van der Waals surface area contributed by atoms with Crippen molar-refractivity contribution in [2.45, 2.75) is 20.0 Å². The van der Waals surface area contributed by atoms with Gasteiger partial charge in [0.05, 0.1) is 5.39 Å². The second kappa shape index (κ2) is 4.18. The fourth-order valence-electron chi connectivity index (χ4n) is 1.78. The fourth-order valence-corrected chi connectivity index (χ4v) is 1.78. The van der Waals surface area contributed by atoms with Gasteiger partial charge in [0.15, 0.2) is 0 Å². The van der Waals surface area contributed by atoms with Crippen LogP contribution in [-0.4, -0.2) is 16.9 Å². The first-order valence-electron chi connectivity index (χ1n) is 5.23. The van der Waals surface area contributed by atoms with Gasteiger partial charge >= 0.3 is 6.18 Å². The first-order valence-corrected chi connectivity index (χ1v) is 5.23. The Morgan fingerprint density at radius 2 is 1.95 bits per heavy atom. The molecule has 0 atom stereocenters. The summed E-state index contributed by atoms with van der Waals surface area (Å²) in [6, 6.07) is 1.53. The van der Waals surface area contributed by atoms with Crippen molar-refractivity contribution in [1.29, 1.82) is 0 Å². The number of carbonyl (C=O) groups excluding carboxylic acids is 1. The molecular weight excluding hydrogens is 263 g/mol. The molecule has 2 heterocycles. The molecule has 0 radical (unpaired) electrons. The second-order valence-electron chi connectivity index (χ2n) is 4.07. The minimum Gasteiger partial charge on any atom is -0.445 e. The van der Waals surface area contributed by atoms with Crippen molar-refractivity contribution in [3.05, 3.63) is 39.4 Å². The Bertz CT molecular complexity index is 731. The Morgan fingerprint density at radius 1 is 1.32 bits per heavy atom. The summed E-state index contributed by atoms with van der Waals surface area (Å²) in [5, 5.41) is -0.110. The summed E-state index contributed by atoms with van der Waals surface area (Å²) in [6.45, 7) is 3.19. The molecule has 19 heavy (non-hydrogen) atoms. The second-order valence-corrected chi connectivity index (χ2v) is 4.07. The number of nitrogens with zero attached hydrogens (tertiary/aromatic N) is 1. The first-order chi connectivity index (χ1) is 8.71. The van der Waals surface area contributed by atoms with E-state index in [1.54, 1.807) is 6.92 Å². The van der Waals surface area contributed by atoms with Crippen molar-refractivity contribution in [2.75, 3.05) is 0 Å². The largest absolute Gasteiger partial charge is 0.455 e. The number of pyridine rings is 1. The summed E-state index contributed by atoms with van der Waals surface area (Å²) in [7, 11) is 0. The minimum absolute atomic E-state index is 0.0822. The maximum Gasteiger partial charge on any atom is 0.455 e. The average molecular weight is 271 g/mol. The molecule has 2 aromatic rings. The lowest BCUT2D eigenvalue weighted by Crippen LogP contribution is -2.28. The number of hydrogen-bond donors (Lipinski definition) is 0. The van der Waals surface area contributed by atoms with E-state index in [1.165, 1.54) is 13.0 Å². The van der Waals surface area contributed by atoms with Gasteiger partial charge in [0, 0.05) is 5.69 Å². The van der Waals surface area contributed by atoms with E-state index in [2.05, 4.69) is 4.98 Å². The quantitative estimate of drug-likeness (QED) is 0.748. The number of hydrogen-bond acceptors (Lipinski definition) is 4. The summed E-state index contributed by atoms with van der Waals surface area (Å²) >= 11 is 0. The van der Waals surface area contributed by atoms with Gasteiger partial charge in [-0.05, 0) is 25.5 Å². The Labute approximate surface area is 104 Å². The topological polar surface area (TPSA) is 60.2 Å².